The van der Waals surface area contributed by atoms with Crippen molar-refractivity contribution in [2.45, 2.75) is 39.2 Å². The van der Waals surface area contributed by atoms with Gasteiger partial charge in [-0.25, -0.2) is 4.98 Å². The quantitative estimate of drug-likeness (QED) is 0.765. The Kier molecular flexibility index (Phi) is 3.45. The molecule has 0 radical (unpaired) electrons. The second kappa shape index (κ2) is 4.96. The highest BCUT2D eigenvalue weighted by Crippen LogP contribution is 2.39. The molecule has 19 heavy (non-hydrogen) atoms. The predicted octanol–water partition coefficient (Wildman–Crippen LogP) is 4.22. The maximum atomic E-state index is 6.16. The van der Waals surface area contributed by atoms with Gasteiger partial charge in [-0.2, -0.15) is 0 Å². The SMILES string of the molecule is CC1CCC(n2c(N)nc3cc(I)ccc32)CC1C. The molecule has 0 amide bonds. The highest BCUT2D eigenvalue weighted by Gasteiger charge is 2.27. The van der Waals surface area contributed by atoms with Crippen molar-refractivity contribution >= 4 is 39.6 Å². The number of aromatic nitrogens is 2. The lowest BCUT2D eigenvalue weighted by atomic mass is 9.79. The third-order valence-corrected chi connectivity index (χ3v) is 5.29. The van der Waals surface area contributed by atoms with E-state index in [1.54, 1.807) is 0 Å². The average molecular weight is 369 g/mol. The first kappa shape index (κ1) is 13.2. The second-order valence-electron chi connectivity index (χ2n) is 5.89. The van der Waals surface area contributed by atoms with E-state index in [1.807, 2.05) is 0 Å². The Labute approximate surface area is 127 Å². The van der Waals surface area contributed by atoms with E-state index in [4.69, 9.17) is 5.73 Å². The summed E-state index contributed by atoms with van der Waals surface area (Å²) in [6.45, 7) is 4.72. The summed E-state index contributed by atoms with van der Waals surface area (Å²) >= 11 is 2.32. The maximum absolute atomic E-state index is 6.16. The van der Waals surface area contributed by atoms with Crippen LogP contribution in [0.25, 0.3) is 11.0 Å². The van der Waals surface area contributed by atoms with Gasteiger partial charge in [0.25, 0.3) is 0 Å². The van der Waals surface area contributed by atoms with Gasteiger partial charge in [-0.05, 0) is 71.9 Å². The molecule has 1 aliphatic rings. The smallest absolute Gasteiger partial charge is 0.201 e. The van der Waals surface area contributed by atoms with Crippen LogP contribution in [-0.4, -0.2) is 9.55 Å². The van der Waals surface area contributed by atoms with Gasteiger partial charge in [0, 0.05) is 9.61 Å². The summed E-state index contributed by atoms with van der Waals surface area (Å²) in [5.74, 6) is 2.26. The van der Waals surface area contributed by atoms with E-state index in [2.05, 4.69) is 64.2 Å². The van der Waals surface area contributed by atoms with Crippen LogP contribution in [0.1, 0.15) is 39.2 Å². The molecule has 3 nitrogen and oxygen atoms in total. The summed E-state index contributed by atoms with van der Waals surface area (Å²) < 4.78 is 3.47. The second-order valence-corrected chi connectivity index (χ2v) is 7.14. The van der Waals surface area contributed by atoms with E-state index < -0.39 is 0 Å². The van der Waals surface area contributed by atoms with Gasteiger partial charge in [-0.3, -0.25) is 0 Å². The first-order valence-electron chi connectivity index (χ1n) is 6.99. The zero-order chi connectivity index (χ0) is 13.6. The summed E-state index contributed by atoms with van der Waals surface area (Å²) in [5.41, 5.74) is 8.37. The molecule has 0 aliphatic heterocycles. The van der Waals surface area contributed by atoms with E-state index in [-0.39, 0.29) is 0 Å². The number of anilines is 1. The molecule has 1 saturated carbocycles. The minimum atomic E-state index is 0.510. The molecular formula is C15H20IN3. The standard InChI is InChI=1S/C15H20IN3/c1-9-3-5-12(7-10(9)2)19-14-6-4-11(16)8-13(14)18-15(19)17/h4,6,8-10,12H,3,5,7H2,1-2H3,(H2,17,18). The van der Waals surface area contributed by atoms with Gasteiger partial charge in [0.05, 0.1) is 11.0 Å². The average Bonchev–Trinajstić information content (AvgIpc) is 2.68. The van der Waals surface area contributed by atoms with Crippen LogP contribution in [0.2, 0.25) is 0 Å². The van der Waals surface area contributed by atoms with E-state index >= 15 is 0 Å². The van der Waals surface area contributed by atoms with Crippen LogP contribution in [0.4, 0.5) is 5.95 Å². The molecule has 3 unspecified atom stereocenters. The minimum Gasteiger partial charge on any atom is -0.369 e. The Morgan fingerprint density at radius 3 is 2.79 bits per heavy atom. The molecule has 1 aliphatic carbocycles. The van der Waals surface area contributed by atoms with E-state index in [0.717, 1.165) is 17.4 Å². The highest BCUT2D eigenvalue weighted by atomic mass is 127. The van der Waals surface area contributed by atoms with Crippen LogP contribution in [0.3, 0.4) is 0 Å². The van der Waals surface area contributed by atoms with Gasteiger partial charge in [0.1, 0.15) is 0 Å². The summed E-state index contributed by atoms with van der Waals surface area (Å²) in [7, 11) is 0. The van der Waals surface area contributed by atoms with Crippen LogP contribution in [0, 0.1) is 15.4 Å². The molecule has 1 aromatic heterocycles. The molecule has 2 aromatic rings. The summed E-state index contributed by atoms with van der Waals surface area (Å²) in [6, 6.07) is 6.91. The number of rotatable bonds is 1. The third kappa shape index (κ3) is 2.35. The van der Waals surface area contributed by atoms with Gasteiger partial charge in [-0.15, -0.1) is 0 Å². The molecule has 3 rings (SSSR count). The van der Waals surface area contributed by atoms with Crippen molar-refractivity contribution in [3.63, 3.8) is 0 Å². The van der Waals surface area contributed by atoms with Gasteiger partial charge >= 0.3 is 0 Å². The van der Waals surface area contributed by atoms with Crippen molar-refractivity contribution in [2.75, 3.05) is 5.73 Å². The molecule has 102 valence electrons. The van der Waals surface area contributed by atoms with E-state index in [0.29, 0.717) is 12.0 Å². The fraction of sp³-hybridized carbons (Fsp3) is 0.533. The van der Waals surface area contributed by atoms with Gasteiger partial charge in [0.15, 0.2) is 0 Å². The Balaban J connectivity index is 2.03. The highest BCUT2D eigenvalue weighted by molar-refractivity contribution is 14.1. The molecule has 1 aromatic carbocycles. The number of fused-ring (bicyclic) bond motifs is 1. The normalized spacial score (nSPS) is 27.8. The minimum absolute atomic E-state index is 0.510. The lowest BCUT2D eigenvalue weighted by Crippen LogP contribution is -2.24. The fourth-order valence-electron chi connectivity index (χ4n) is 3.23. The van der Waals surface area contributed by atoms with E-state index in [9.17, 15) is 0 Å². The first-order valence-corrected chi connectivity index (χ1v) is 8.07. The molecule has 0 bridgehead atoms. The lowest BCUT2D eigenvalue weighted by Gasteiger charge is -2.33. The van der Waals surface area contributed by atoms with Crippen molar-refractivity contribution in [1.29, 1.82) is 0 Å². The summed E-state index contributed by atoms with van der Waals surface area (Å²) in [5, 5.41) is 0. The van der Waals surface area contributed by atoms with E-state index in [1.165, 1.54) is 28.3 Å². The zero-order valence-electron chi connectivity index (χ0n) is 11.4. The van der Waals surface area contributed by atoms with Crippen molar-refractivity contribution in [3.8, 4) is 0 Å². The molecule has 1 heterocycles. The Morgan fingerprint density at radius 2 is 2.05 bits per heavy atom. The maximum Gasteiger partial charge on any atom is 0.201 e. The summed E-state index contributed by atoms with van der Waals surface area (Å²) in [4.78, 5) is 4.53. The molecule has 1 fully saturated rings. The van der Waals surface area contributed by atoms with Crippen molar-refractivity contribution < 1.29 is 0 Å². The molecule has 0 saturated heterocycles. The van der Waals surface area contributed by atoms with Crippen LogP contribution < -0.4 is 5.73 Å². The number of nitrogens with zero attached hydrogens (tertiary/aromatic N) is 2. The number of halogens is 1. The third-order valence-electron chi connectivity index (χ3n) is 4.61. The molecule has 2 N–H and O–H groups in total. The Bertz CT molecular complexity index is 605. The van der Waals surface area contributed by atoms with Crippen molar-refractivity contribution in [3.05, 3.63) is 21.8 Å². The zero-order valence-corrected chi connectivity index (χ0v) is 13.6. The number of imidazole rings is 1. The number of hydrogen-bond donors (Lipinski definition) is 1. The van der Waals surface area contributed by atoms with Gasteiger partial charge < -0.3 is 10.3 Å². The van der Waals surface area contributed by atoms with Gasteiger partial charge in [-0.1, -0.05) is 13.8 Å². The molecule has 4 heteroatoms. The number of benzene rings is 1. The Morgan fingerprint density at radius 1 is 1.26 bits per heavy atom. The molecule has 0 spiro atoms. The van der Waals surface area contributed by atoms with Crippen LogP contribution >= 0.6 is 22.6 Å². The van der Waals surface area contributed by atoms with Crippen LogP contribution in [0.5, 0.6) is 0 Å². The van der Waals surface area contributed by atoms with Gasteiger partial charge in [0.2, 0.25) is 5.95 Å². The predicted molar refractivity (Wildman–Crippen MR) is 88.1 cm³/mol. The first-order chi connectivity index (χ1) is 9.06. The van der Waals surface area contributed by atoms with Crippen molar-refractivity contribution in [2.24, 2.45) is 11.8 Å². The Hall–Kier alpha value is -0.780. The van der Waals surface area contributed by atoms with Crippen LogP contribution in [0.15, 0.2) is 18.2 Å². The molecule has 3 atom stereocenters. The monoisotopic (exact) mass is 369 g/mol. The largest absolute Gasteiger partial charge is 0.369 e. The lowest BCUT2D eigenvalue weighted by molar-refractivity contribution is 0.215. The number of nitrogens with two attached hydrogens (primary N) is 1. The fourth-order valence-corrected chi connectivity index (χ4v) is 3.70. The number of nitrogen functional groups attached to an aromatic ring is 1. The number of hydrogen-bond acceptors (Lipinski definition) is 2. The van der Waals surface area contributed by atoms with Crippen molar-refractivity contribution in [1.82, 2.24) is 9.55 Å². The topological polar surface area (TPSA) is 43.8 Å². The molecular weight excluding hydrogens is 349 g/mol. The summed E-state index contributed by atoms with van der Waals surface area (Å²) in [6.07, 6.45) is 3.71. The van der Waals surface area contributed by atoms with Crippen LogP contribution in [-0.2, 0) is 0 Å².